The summed E-state index contributed by atoms with van der Waals surface area (Å²) >= 11 is 6.00. The van der Waals surface area contributed by atoms with Crippen LogP contribution in [0.5, 0.6) is 0 Å². The average Bonchev–Trinajstić information content (AvgIpc) is 2.62. The Labute approximate surface area is 145 Å². The molecule has 0 fully saturated rings. The van der Waals surface area contributed by atoms with Crippen molar-refractivity contribution in [3.8, 4) is 22.6 Å². The molecule has 24 heavy (non-hydrogen) atoms. The van der Waals surface area contributed by atoms with E-state index < -0.39 is 0 Å². The summed E-state index contributed by atoms with van der Waals surface area (Å²) in [6, 6.07) is 24.1. The van der Waals surface area contributed by atoms with Gasteiger partial charge in [0.05, 0.1) is 11.2 Å². The molecule has 2 nitrogen and oxygen atoms in total. The first-order valence-corrected chi connectivity index (χ1v) is 8.18. The Bertz CT molecular complexity index is 1010. The molecule has 0 unspecified atom stereocenters. The molecule has 0 amide bonds. The van der Waals surface area contributed by atoms with E-state index in [0.29, 0.717) is 10.8 Å². The third-order valence-corrected chi connectivity index (χ3v) is 4.25. The molecule has 0 aliphatic heterocycles. The van der Waals surface area contributed by atoms with E-state index in [2.05, 4.69) is 37.3 Å². The van der Waals surface area contributed by atoms with Crippen LogP contribution in [-0.2, 0) is 0 Å². The Kier molecular flexibility index (Phi) is 3.75. The van der Waals surface area contributed by atoms with Gasteiger partial charge in [0.1, 0.15) is 0 Å². The number of hydrogen-bond donors (Lipinski definition) is 0. The molecule has 0 spiro atoms. The van der Waals surface area contributed by atoms with Crippen LogP contribution >= 0.6 is 11.6 Å². The van der Waals surface area contributed by atoms with Gasteiger partial charge in [-0.1, -0.05) is 53.6 Å². The monoisotopic (exact) mass is 330 g/mol. The predicted octanol–water partition coefficient (Wildman–Crippen LogP) is 5.93. The van der Waals surface area contributed by atoms with Gasteiger partial charge in [0.15, 0.2) is 5.82 Å². The maximum absolute atomic E-state index is 6.00. The van der Waals surface area contributed by atoms with Crippen molar-refractivity contribution in [3.05, 3.63) is 83.4 Å². The van der Waals surface area contributed by atoms with Gasteiger partial charge in [-0.2, -0.15) is 0 Å². The highest BCUT2D eigenvalue weighted by molar-refractivity contribution is 6.30. The van der Waals surface area contributed by atoms with E-state index >= 15 is 0 Å². The Balaban J connectivity index is 2.00. The van der Waals surface area contributed by atoms with Gasteiger partial charge in [-0.05, 0) is 43.3 Å². The van der Waals surface area contributed by atoms with Crippen molar-refractivity contribution in [2.45, 2.75) is 6.92 Å². The van der Waals surface area contributed by atoms with E-state index in [1.165, 1.54) is 5.56 Å². The summed E-state index contributed by atoms with van der Waals surface area (Å²) in [4.78, 5) is 9.61. The molecule has 3 heteroatoms. The van der Waals surface area contributed by atoms with Crippen molar-refractivity contribution in [3.63, 3.8) is 0 Å². The van der Waals surface area contributed by atoms with Gasteiger partial charge in [-0.3, -0.25) is 0 Å². The predicted molar refractivity (Wildman–Crippen MR) is 100 cm³/mol. The normalized spacial score (nSPS) is 10.9. The van der Waals surface area contributed by atoms with Crippen molar-refractivity contribution in [1.29, 1.82) is 0 Å². The largest absolute Gasteiger partial charge is 0.228 e. The minimum atomic E-state index is 0.707. The van der Waals surface area contributed by atoms with Crippen LogP contribution in [0.25, 0.3) is 33.5 Å². The van der Waals surface area contributed by atoms with E-state index in [0.717, 1.165) is 27.7 Å². The number of fused-ring (bicyclic) bond motifs is 1. The zero-order valence-electron chi connectivity index (χ0n) is 13.2. The van der Waals surface area contributed by atoms with Crippen LogP contribution in [0.1, 0.15) is 5.56 Å². The van der Waals surface area contributed by atoms with Gasteiger partial charge < -0.3 is 0 Å². The number of halogens is 1. The molecular formula is C21H15ClN2. The molecule has 0 radical (unpaired) electrons. The second kappa shape index (κ2) is 6.06. The number of benzene rings is 3. The molecular weight excluding hydrogens is 316 g/mol. The minimum absolute atomic E-state index is 0.707. The van der Waals surface area contributed by atoms with E-state index in [1.54, 1.807) is 0 Å². The summed E-state index contributed by atoms with van der Waals surface area (Å²) in [5.74, 6) is 0.710. The summed E-state index contributed by atoms with van der Waals surface area (Å²) in [5.41, 5.74) is 5.14. The Hall–Kier alpha value is -2.71. The topological polar surface area (TPSA) is 25.8 Å². The first kappa shape index (κ1) is 14.9. The molecule has 0 N–H and O–H groups in total. The number of hydrogen-bond acceptors (Lipinski definition) is 2. The lowest BCUT2D eigenvalue weighted by Crippen LogP contribution is -1.95. The second-order valence-electron chi connectivity index (χ2n) is 5.79. The number of rotatable bonds is 2. The van der Waals surface area contributed by atoms with Gasteiger partial charge in [-0.15, -0.1) is 0 Å². The zero-order chi connectivity index (χ0) is 16.5. The van der Waals surface area contributed by atoms with E-state index in [-0.39, 0.29) is 0 Å². The lowest BCUT2D eigenvalue weighted by molar-refractivity contribution is 1.23. The highest BCUT2D eigenvalue weighted by Gasteiger charge is 2.11. The van der Waals surface area contributed by atoms with Gasteiger partial charge >= 0.3 is 0 Å². The van der Waals surface area contributed by atoms with E-state index in [1.807, 2.05) is 42.5 Å². The molecule has 0 atom stereocenters. The van der Waals surface area contributed by atoms with Crippen LogP contribution in [0.2, 0.25) is 5.02 Å². The first-order chi connectivity index (χ1) is 11.7. The fourth-order valence-electron chi connectivity index (χ4n) is 2.79. The van der Waals surface area contributed by atoms with Crippen LogP contribution in [0, 0.1) is 6.92 Å². The molecule has 0 aliphatic carbocycles. The summed E-state index contributed by atoms with van der Waals surface area (Å²) < 4.78 is 0. The van der Waals surface area contributed by atoms with Gasteiger partial charge in [-0.25, -0.2) is 9.97 Å². The maximum Gasteiger partial charge on any atom is 0.160 e. The quantitative estimate of drug-likeness (QED) is 0.455. The minimum Gasteiger partial charge on any atom is -0.228 e. The summed E-state index contributed by atoms with van der Waals surface area (Å²) in [5, 5.41) is 1.78. The summed E-state index contributed by atoms with van der Waals surface area (Å²) in [6.45, 7) is 2.08. The van der Waals surface area contributed by atoms with Crippen LogP contribution in [0.4, 0.5) is 0 Å². The number of aromatic nitrogens is 2. The smallest absolute Gasteiger partial charge is 0.160 e. The van der Waals surface area contributed by atoms with Gasteiger partial charge in [0.25, 0.3) is 0 Å². The van der Waals surface area contributed by atoms with Crippen LogP contribution < -0.4 is 0 Å². The molecule has 0 bridgehead atoms. The van der Waals surface area contributed by atoms with Crippen LogP contribution in [-0.4, -0.2) is 9.97 Å². The second-order valence-corrected chi connectivity index (χ2v) is 6.23. The molecule has 4 aromatic rings. The third kappa shape index (κ3) is 2.77. The standard InChI is InChI=1S/C21H15ClN2/c1-14-7-12-19-18(13-14)20(15-5-3-2-4-6-15)24-21(23-19)16-8-10-17(22)11-9-16/h2-13H,1H3. The average molecular weight is 331 g/mol. The Morgan fingerprint density at radius 1 is 0.750 bits per heavy atom. The van der Waals surface area contributed by atoms with Crippen molar-refractivity contribution < 1.29 is 0 Å². The van der Waals surface area contributed by atoms with Crippen LogP contribution in [0.15, 0.2) is 72.8 Å². The molecule has 3 aromatic carbocycles. The van der Waals surface area contributed by atoms with Crippen LogP contribution in [0.3, 0.4) is 0 Å². The summed E-state index contributed by atoms with van der Waals surface area (Å²) in [6.07, 6.45) is 0. The third-order valence-electron chi connectivity index (χ3n) is 4.00. The van der Waals surface area contributed by atoms with Gasteiger partial charge in [0.2, 0.25) is 0 Å². The molecule has 116 valence electrons. The first-order valence-electron chi connectivity index (χ1n) is 7.80. The van der Waals surface area contributed by atoms with Crippen molar-refractivity contribution in [1.82, 2.24) is 9.97 Å². The van der Waals surface area contributed by atoms with E-state index in [4.69, 9.17) is 21.6 Å². The maximum atomic E-state index is 6.00. The fraction of sp³-hybridized carbons (Fsp3) is 0.0476. The SMILES string of the molecule is Cc1ccc2nc(-c3ccc(Cl)cc3)nc(-c3ccccc3)c2c1. The molecule has 0 aliphatic rings. The lowest BCUT2D eigenvalue weighted by atomic mass is 10.0. The molecule has 1 aromatic heterocycles. The zero-order valence-corrected chi connectivity index (χ0v) is 14.0. The summed E-state index contributed by atoms with van der Waals surface area (Å²) in [7, 11) is 0. The lowest BCUT2D eigenvalue weighted by Gasteiger charge is -2.10. The fourth-order valence-corrected chi connectivity index (χ4v) is 2.91. The highest BCUT2D eigenvalue weighted by Crippen LogP contribution is 2.29. The van der Waals surface area contributed by atoms with E-state index in [9.17, 15) is 0 Å². The molecule has 0 saturated carbocycles. The highest BCUT2D eigenvalue weighted by atomic mass is 35.5. The van der Waals surface area contributed by atoms with Crippen molar-refractivity contribution in [2.75, 3.05) is 0 Å². The van der Waals surface area contributed by atoms with Crippen molar-refractivity contribution in [2.24, 2.45) is 0 Å². The number of nitrogens with zero attached hydrogens (tertiary/aromatic N) is 2. The molecule has 4 rings (SSSR count). The Morgan fingerprint density at radius 3 is 2.25 bits per heavy atom. The number of aryl methyl sites for hydroxylation is 1. The van der Waals surface area contributed by atoms with Crippen molar-refractivity contribution >= 4 is 22.5 Å². The Morgan fingerprint density at radius 2 is 1.50 bits per heavy atom. The molecule has 1 heterocycles. The molecule has 0 saturated heterocycles. The van der Waals surface area contributed by atoms with Gasteiger partial charge in [0, 0.05) is 21.5 Å².